The summed E-state index contributed by atoms with van der Waals surface area (Å²) in [7, 11) is 0. The van der Waals surface area contributed by atoms with Gasteiger partial charge in [0.25, 0.3) is 0 Å². The molecule has 174 valence electrons. The van der Waals surface area contributed by atoms with Crippen molar-refractivity contribution in [2.24, 2.45) is 0 Å². The van der Waals surface area contributed by atoms with E-state index in [1.165, 1.54) is 0 Å². The number of carbonyl (C=O) groups is 2. The van der Waals surface area contributed by atoms with Crippen molar-refractivity contribution in [3.05, 3.63) is 64.7 Å². The highest BCUT2D eigenvalue weighted by Crippen LogP contribution is 2.19. The molecule has 0 radical (unpaired) electrons. The second kappa shape index (κ2) is 11.9. The monoisotopic (exact) mass is 458 g/mol. The largest absolute Gasteiger partial charge is 0.494 e. The van der Waals surface area contributed by atoms with Crippen molar-refractivity contribution in [1.29, 1.82) is 0 Å². The van der Waals surface area contributed by atoms with Crippen LogP contribution in [0.4, 0.5) is 0 Å². The Hall–Kier alpha value is -2.53. The second-order valence-electron chi connectivity index (χ2n) is 9.02. The third kappa shape index (κ3) is 8.19. The molecule has 6 heteroatoms. The van der Waals surface area contributed by atoms with Crippen LogP contribution in [0.3, 0.4) is 0 Å². The van der Waals surface area contributed by atoms with E-state index < -0.39 is 6.04 Å². The minimum atomic E-state index is -0.529. The number of aryl methyl sites for hydroxylation is 1. The highest BCUT2D eigenvalue weighted by molar-refractivity contribution is 6.30. The number of benzene rings is 2. The molecule has 0 saturated heterocycles. The lowest BCUT2D eigenvalue weighted by molar-refractivity contribution is -0.142. The molecule has 0 fully saturated rings. The number of rotatable bonds is 10. The number of halogens is 1. The van der Waals surface area contributed by atoms with Crippen molar-refractivity contribution >= 4 is 23.4 Å². The standard InChI is InChI=1S/C26H35ClN2O3/c1-6-23(25(31)28-26(3,4)5)29(18-20-11-8-7-10-19(20)2)24(30)12-9-17-32-22-15-13-21(27)14-16-22/h7-8,10-11,13-16,23H,6,9,12,17-18H2,1-5H3,(H,28,31). The number of carbonyl (C=O) groups excluding carboxylic acids is 2. The molecule has 0 heterocycles. The Balaban J connectivity index is 2.09. The molecule has 0 aliphatic heterocycles. The van der Waals surface area contributed by atoms with Gasteiger partial charge in [-0.15, -0.1) is 0 Å². The lowest BCUT2D eigenvalue weighted by atomic mass is 10.0. The minimum absolute atomic E-state index is 0.0520. The fourth-order valence-corrected chi connectivity index (χ4v) is 3.56. The summed E-state index contributed by atoms with van der Waals surface area (Å²) in [6, 6.07) is 14.6. The van der Waals surface area contributed by atoms with E-state index in [1.807, 2.05) is 58.9 Å². The van der Waals surface area contributed by atoms with Crippen molar-refractivity contribution in [1.82, 2.24) is 10.2 Å². The maximum absolute atomic E-state index is 13.3. The smallest absolute Gasteiger partial charge is 0.243 e. The lowest BCUT2D eigenvalue weighted by Crippen LogP contribution is -2.53. The van der Waals surface area contributed by atoms with Gasteiger partial charge in [0.1, 0.15) is 11.8 Å². The number of hydrogen-bond donors (Lipinski definition) is 1. The minimum Gasteiger partial charge on any atom is -0.494 e. The fourth-order valence-electron chi connectivity index (χ4n) is 3.43. The van der Waals surface area contributed by atoms with E-state index in [9.17, 15) is 9.59 Å². The summed E-state index contributed by atoms with van der Waals surface area (Å²) >= 11 is 5.90. The van der Waals surface area contributed by atoms with Gasteiger partial charge in [0.05, 0.1) is 6.61 Å². The Morgan fingerprint density at radius 1 is 1.09 bits per heavy atom. The van der Waals surface area contributed by atoms with Gasteiger partial charge in [0.15, 0.2) is 0 Å². The summed E-state index contributed by atoms with van der Waals surface area (Å²) < 4.78 is 5.72. The molecule has 2 aromatic rings. The number of nitrogens with one attached hydrogen (secondary N) is 1. The van der Waals surface area contributed by atoms with Gasteiger partial charge in [-0.1, -0.05) is 42.8 Å². The average Bonchev–Trinajstić information content (AvgIpc) is 2.72. The number of hydrogen-bond acceptors (Lipinski definition) is 3. The number of amides is 2. The van der Waals surface area contributed by atoms with Crippen molar-refractivity contribution in [3.63, 3.8) is 0 Å². The first kappa shape index (κ1) is 25.7. The van der Waals surface area contributed by atoms with E-state index in [2.05, 4.69) is 5.32 Å². The van der Waals surface area contributed by atoms with Crippen LogP contribution in [-0.4, -0.2) is 34.9 Å². The van der Waals surface area contributed by atoms with E-state index in [4.69, 9.17) is 16.3 Å². The van der Waals surface area contributed by atoms with Gasteiger partial charge in [-0.3, -0.25) is 9.59 Å². The zero-order chi connectivity index (χ0) is 23.7. The van der Waals surface area contributed by atoms with Crippen LogP contribution < -0.4 is 10.1 Å². The topological polar surface area (TPSA) is 58.6 Å². The Kier molecular flexibility index (Phi) is 9.58. The molecule has 0 spiro atoms. The normalized spacial score (nSPS) is 12.2. The Labute approximate surface area is 197 Å². The van der Waals surface area contributed by atoms with Crippen LogP contribution in [0.1, 0.15) is 58.1 Å². The van der Waals surface area contributed by atoms with Crippen molar-refractivity contribution < 1.29 is 14.3 Å². The summed E-state index contributed by atoms with van der Waals surface area (Å²) in [5.74, 6) is 0.540. The van der Waals surface area contributed by atoms with Gasteiger partial charge in [0.2, 0.25) is 11.8 Å². The molecular formula is C26H35ClN2O3. The summed E-state index contributed by atoms with van der Waals surface area (Å²) in [6.45, 7) is 10.6. The summed E-state index contributed by atoms with van der Waals surface area (Å²) in [4.78, 5) is 28.0. The van der Waals surface area contributed by atoms with Crippen LogP contribution in [0.25, 0.3) is 0 Å². The first-order valence-electron chi connectivity index (χ1n) is 11.1. The maximum Gasteiger partial charge on any atom is 0.243 e. The zero-order valence-electron chi connectivity index (χ0n) is 19.8. The molecule has 0 saturated carbocycles. The maximum atomic E-state index is 13.3. The van der Waals surface area contributed by atoms with Crippen molar-refractivity contribution in [3.8, 4) is 5.75 Å². The fraction of sp³-hybridized carbons (Fsp3) is 0.462. The van der Waals surface area contributed by atoms with Crippen LogP contribution in [0.15, 0.2) is 48.5 Å². The van der Waals surface area contributed by atoms with Crippen LogP contribution in [-0.2, 0) is 16.1 Å². The molecule has 0 aliphatic carbocycles. The Morgan fingerprint density at radius 2 is 1.75 bits per heavy atom. The third-order valence-electron chi connectivity index (χ3n) is 5.10. The summed E-state index contributed by atoms with van der Waals surface area (Å²) in [5, 5.41) is 3.68. The van der Waals surface area contributed by atoms with Gasteiger partial charge in [-0.25, -0.2) is 0 Å². The highest BCUT2D eigenvalue weighted by atomic mass is 35.5. The Morgan fingerprint density at radius 3 is 2.34 bits per heavy atom. The van der Waals surface area contributed by atoms with E-state index in [1.54, 1.807) is 29.2 Å². The van der Waals surface area contributed by atoms with E-state index in [0.29, 0.717) is 37.4 Å². The molecule has 1 unspecified atom stereocenters. The quantitative estimate of drug-likeness (QED) is 0.476. The van der Waals surface area contributed by atoms with Crippen LogP contribution in [0.5, 0.6) is 5.75 Å². The highest BCUT2D eigenvalue weighted by Gasteiger charge is 2.30. The molecule has 1 atom stereocenters. The molecule has 2 amide bonds. The molecule has 32 heavy (non-hydrogen) atoms. The average molecular weight is 459 g/mol. The molecule has 0 aliphatic rings. The van der Waals surface area contributed by atoms with Crippen molar-refractivity contribution in [2.45, 2.75) is 72.0 Å². The van der Waals surface area contributed by atoms with Gasteiger partial charge in [-0.05, 0) is 75.9 Å². The summed E-state index contributed by atoms with van der Waals surface area (Å²) in [6.07, 6.45) is 1.41. The van der Waals surface area contributed by atoms with E-state index in [0.717, 1.165) is 16.9 Å². The molecule has 5 nitrogen and oxygen atoms in total. The predicted molar refractivity (Wildman–Crippen MR) is 130 cm³/mol. The lowest BCUT2D eigenvalue weighted by Gasteiger charge is -2.33. The van der Waals surface area contributed by atoms with Gasteiger partial charge in [0, 0.05) is 23.5 Å². The second-order valence-corrected chi connectivity index (χ2v) is 9.45. The van der Waals surface area contributed by atoms with Crippen LogP contribution in [0.2, 0.25) is 5.02 Å². The molecule has 1 N–H and O–H groups in total. The zero-order valence-corrected chi connectivity index (χ0v) is 20.5. The van der Waals surface area contributed by atoms with Gasteiger partial charge < -0.3 is 15.0 Å². The third-order valence-corrected chi connectivity index (χ3v) is 5.36. The molecular weight excluding hydrogens is 424 g/mol. The molecule has 2 rings (SSSR count). The SMILES string of the molecule is CCC(C(=O)NC(C)(C)C)N(Cc1ccccc1C)C(=O)CCCOc1ccc(Cl)cc1. The number of ether oxygens (including phenoxy) is 1. The predicted octanol–water partition coefficient (Wildman–Crippen LogP) is 5.53. The first-order valence-corrected chi connectivity index (χ1v) is 11.5. The Bertz CT molecular complexity index is 891. The van der Waals surface area contributed by atoms with Gasteiger partial charge >= 0.3 is 0 Å². The van der Waals surface area contributed by atoms with E-state index >= 15 is 0 Å². The van der Waals surface area contributed by atoms with Crippen LogP contribution >= 0.6 is 11.6 Å². The first-order chi connectivity index (χ1) is 15.1. The molecule has 0 aromatic heterocycles. The molecule has 2 aromatic carbocycles. The number of nitrogens with zero attached hydrogens (tertiary/aromatic N) is 1. The summed E-state index contributed by atoms with van der Waals surface area (Å²) in [5.41, 5.74) is 1.77. The van der Waals surface area contributed by atoms with Crippen molar-refractivity contribution in [2.75, 3.05) is 6.61 Å². The van der Waals surface area contributed by atoms with E-state index in [-0.39, 0.29) is 17.4 Å². The molecule has 0 bridgehead atoms. The van der Waals surface area contributed by atoms with Crippen LogP contribution in [0, 0.1) is 6.92 Å². The van der Waals surface area contributed by atoms with Gasteiger partial charge in [-0.2, -0.15) is 0 Å².